The molecule has 3 aromatic rings. The number of para-hydroxylation sites is 1. The lowest BCUT2D eigenvalue weighted by Gasteiger charge is -2.10. The highest BCUT2D eigenvalue weighted by Gasteiger charge is 2.24. The summed E-state index contributed by atoms with van der Waals surface area (Å²) in [5.41, 5.74) is -0.963. The number of benzene rings is 2. The molecule has 0 spiro atoms. The van der Waals surface area contributed by atoms with E-state index in [-0.39, 0.29) is 16.3 Å². The van der Waals surface area contributed by atoms with Crippen molar-refractivity contribution < 1.29 is 9.34 Å². The molecule has 0 saturated carbocycles. The summed E-state index contributed by atoms with van der Waals surface area (Å²) in [4.78, 5) is 22.4. The molecule has 1 heterocycles. The fraction of sp³-hybridized carbons (Fsp3) is 0. The van der Waals surface area contributed by atoms with Gasteiger partial charge in [-0.15, -0.1) is 0 Å². The molecule has 3 rings (SSSR count). The maximum absolute atomic E-state index is 11.9. The third-order valence-electron chi connectivity index (χ3n) is 3.16. The average Bonchev–Trinajstić information content (AvgIpc) is 2.50. The second kappa shape index (κ2) is 5.91. The third kappa shape index (κ3) is 2.86. The number of hydrogen-bond donors (Lipinski definition) is 1. The van der Waals surface area contributed by atoms with E-state index in [1.54, 1.807) is 36.4 Å². The number of nitro groups is 1. The van der Waals surface area contributed by atoms with Gasteiger partial charge in [-0.1, -0.05) is 35.3 Å². The van der Waals surface area contributed by atoms with Crippen LogP contribution in [0.1, 0.15) is 0 Å². The SMILES string of the molecule is O=c1oc2ccccc2c(Nc2ccc(Cl)c(Cl)c2)c1[N+](=O)[O-]. The molecule has 0 radical (unpaired) electrons. The van der Waals surface area contributed by atoms with Gasteiger partial charge in [-0.2, -0.15) is 0 Å². The van der Waals surface area contributed by atoms with Crippen LogP contribution in [-0.2, 0) is 0 Å². The van der Waals surface area contributed by atoms with Crippen LogP contribution in [-0.4, -0.2) is 4.92 Å². The van der Waals surface area contributed by atoms with Crippen molar-refractivity contribution in [3.63, 3.8) is 0 Å². The molecule has 0 aliphatic heterocycles. The summed E-state index contributed by atoms with van der Waals surface area (Å²) >= 11 is 11.8. The molecule has 0 bridgehead atoms. The van der Waals surface area contributed by atoms with Crippen LogP contribution in [0.2, 0.25) is 10.0 Å². The van der Waals surface area contributed by atoms with Gasteiger partial charge in [-0.25, -0.2) is 4.79 Å². The van der Waals surface area contributed by atoms with Crippen molar-refractivity contribution >= 4 is 51.2 Å². The summed E-state index contributed by atoms with van der Waals surface area (Å²) < 4.78 is 4.99. The van der Waals surface area contributed by atoms with Crippen LogP contribution < -0.4 is 10.9 Å². The van der Waals surface area contributed by atoms with Gasteiger partial charge in [0.2, 0.25) is 0 Å². The van der Waals surface area contributed by atoms with Gasteiger partial charge in [-0.3, -0.25) is 10.1 Å². The van der Waals surface area contributed by atoms with Gasteiger partial charge in [0.15, 0.2) is 0 Å². The zero-order valence-electron chi connectivity index (χ0n) is 11.4. The van der Waals surface area contributed by atoms with E-state index < -0.39 is 16.2 Å². The second-order valence-corrected chi connectivity index (χ2v) is 5.43. The molecule has 116 valence electrons. The molecular weight excluding hydrogens is 343 g/mol. The number of nitrogens with one attached hydrogen (secondary N) is 1. The maximum Gasteiger partial charge on any atom is 0.417 e. The van der Waals surface area contributed by atoms with Crippen molar-refractivity contribution in [1.82, 2.24) is 0 Å². The van der Waals surface area contributed by atoms with E-state index >= 15 is 0 Å². The fourth-order valence-corrected chi connectivity index (χ4v) is 2.45. The number of fused-ring (bicyclic) bond motifs is 1. The largest absolute Gasteiger partial charge is 0.418 e. The molecule has 0 aliphatic carbocycles. The fourth-order valence-electron chi connectivity index (χ4n) is 2.15. The zero-order valence-corrected chi connectivity index (χ0v) is 12.9. The molecule has 2 aromatic carbocycles. The monoisotopic (exact) mass is 350 g/mol. The number of rotatable bonds is 3. The summed E-state index contributed by atoms with van der Waals surface area (Å²) in [6.07, 6.45) is 0. The smallest absolute Gasteiger partial charge is 0.417 e. The lowest BCUT2D eigenvalue weighted by Crippen LogP contribution is -2.10. The standard InChI is InChI=1S/C15H8Cl2N2O4/c16-10-6-5-8(7-11(10)17)18-13-9-3-1-2-4-12(9)23-15(20)14(13)19(21)22/h1-7,18H. The molecule has 0 fully saturated rings. The summed E-state index contributed by atoms with van der Waals surface area (Å²) in [6, 6.07) is 11.2. The molecular formula is C15H8Cl2N2O4. The molecule has 8 heteroatoms. The molecule has 0 unspecified atom stereocenters. The molecule has 1 N–H and O–H groups in total. The normalized spacial score (nSPS) is 10.7. The predicted molar refractivity (Wildman–Crippen MR) is 88.9 cm³/mol. The Morgan fingerprint density at radius 2 is 1.83 bits per heavy atom. The van der Waals surface area contributed by atoms with Gasteiger partial charge in [0.25, 0.3) is 0 Å². The highest BCUT2D eigenvalue weighted by molar-refractivity contribution is 6.42. The number of nitrogens with zero attached hydrogens (tertiary/aromatic N) is 1. The van der Waals surface area contributed by atoms with E-state index in [2.05, 4.69) is 5.32 Å². The topological polar surface area (TPSA) is 85.4 Å². The first-order valence-corrected chi connectivity index (χ1v) is 7.15. The number of hydrogen-bond acceptors (Lipinski definition) is 5. The molecule has 23 heavy (non-hydrogen) atoms. The Kier molecular flexibility index (Phi) is 3.94. The number of anilines is 2. The minimum Gasteiger partial charge on any atom is -0.418 e. The first-order valence-electron chi connectivity index (χ1n) is 6.39. The highest BCUT2D eigenvalue weighted by Crippen LogP contribution is 2.34. The Labute approximate surface area is 139 Å². The Bertz CT molecular complexity index is 985. The van der Waals surface area contributed by atoms with Crippen LogP contribution in [0, 0.1) is 10.1 Å². The van der Waals surface area contributed by atoms with Gasteiger partial charge in [0.1, 0.15) is 11.3 Å². The van der Waals surface area contributed by atoms with Crippen molar-refractivity contribution in [2.24, 2.45) is 0 Å². The van der Waals surface area contributed by atoms with E-state index in [0.717, 1.165) is 0 Å². The van der Waals surface area contributed by atoms with E-state index in [9.17, 15) is 14.9 Å². The molecule has 0 aliphatic rings. The van der Waals surface area contributed by atoms with Crippen molar-refractivity contribution in [3.05, 3.63) is 73.0 Å². The first kappa shape index (κ1) is 15.3. The second-order valence-electron chi connectivity index (χ2n) is 4.62. The molecule has 0 amide bonds. The van der Waals surface area contributed by atoms with E-state index in [0.29, 0.717) is 16.1 Å². The van der Waals surface area contributed by atoms with Gasteiger partial charge < -0.3 is 9.73 Å². The van der Waals surface area contributed by atoms with E-state index in [1.807, 2.05) is 0 Å². The minimum atomic E-state index is -1.03. The lowest BCUT2D eigenvalue weighted by atomic mass is 10.1. The molecule has 6 nitrogen and oxygen atoms in total. The zero-order chi connectivity index (χ0) is 16.6. The van der Waals surface area contributed by atoms with Crippen molar-refractivity contribution in [3.8, 4) is 0 Å². The number of halogens is 2. The Morgan fingerprint density at radius 1 is 1.09 bits per heavy atom. The summed E-state index contributed by atoms with van der Waals surface area (Å²) in [6.45, 7) is 0. The van der Waals surface area contributed by atoms with Crippen LogP contribution in [0.15, 0.2) is 51.7 Å². The van der Waals surface area contributed by atoms with Crippen molar-refractivity contribution in [1.29, 1.82) is 0 Å². The van der Waals surface area contributed by atoms with E-state index in [1.165, 1.54) is 6.07 Å². The van der Waals surface area contributed by atoms with Gasteiger partial charge in [0.05, 0.1) is 15.0 Å². The molecule has 1 aromatic heterocycles. The third-order valence-corrected chi connectivity index (χ3v) is 3.90. The van der Waals surface area contributed by atoms with Crippen LogP contribution in [0.3, 0.4) is 0 Å². The van der Waals surface area contributed by atoms with Gasteiger partial charge in [0, 0.05) is 11.1 Å². The predicted octanol–water partition coefficient (Wildman–Crippen LogP) is 4.75. The molecule has 0 saturated heterocycles. The summed E-state index contributed by atoms with van der Waals surface area (Å²) in [5.74, 6) is 0. The van der Waals surface area contributed by atoms with E-state index in [4.69, 9.17) is 27.6 Å². The quantitative estimate of drug-likeness (QED) is 0.418. The summed E-state index contributed by atoms with van der Waals surface area (Å²) in [7, 11) is 0. The van der Waals surface area contributed by atoms with Crippen molar-refractivity contribution in [2.45, 2.75) is 0 Å². The molecule has 0 atom stereocenters. The Hall–Kier alpha value is -2.57. The highest BCUT2D eigenvalue weighted by atomic mass is 35.5. The first-order chi connectivity index (χ1) is 11.0. The van der Waals surface area contributed by atoms with Gasteiger partial charge >= 0.3 is 11.3 Å². The van der Waals surface area contributed by atoms with Gasteiger partial charge in [-0.05, 0) is 30.3 Å². The van der Waals surface area contributed by atoms with Crippen LogP contribution in [0.25, 0.3) is 11.0 Å². The average molecular weight is 351 g/mol. The van der Waals surface area contributed by atoms with Crippen LogP contribution in [0.4, 0.5) is 17.1 Å². The maximum atomic E-state index is 11.9. The minimum absolute atomic E-state index is 0.0419. The van der Waals surface area contributed by atoms with Crippen molar-refractivity contribution in [2.75, 3.05) is 5.32 Å². The lowest BCUT2D eigenvalue weighted by molar-refractivity contribution is -0.386. The Balaban J connectivity index is 2.25. The van der Waals surface area contributed by atoms with Crippen LogP contribution >= 0.6 is 23.2 Å². The summed E-state index contributed by atoms with van der Waals surface area (Å²) in [5, 5.41) is 15.2. The van der Waals surface area contributed by atoms with Crippen LogP contribution in [0.5, 0.6) is 0 Å². The Morgan fingerprint density at radius 3 is 2.52 bits per heavy atom.